The minimum atomic E-state index is -4.12. The summed E-state index contributed by atoms with van der Waals surface area (Å²) in [5, 5.41) is 4.65. The highest BCUT2D eigenvalue weighted by molar-refractivity contribution is 7.92. The fraction of sp³-hybridized carbons (Fsp3) is 0.161. The Labute approximate surface area is 250 Å². The first-order chi connectivity index (χ1) is 20.2. The van der Waals surface area contributed by atoms with Gasteiger partial charge in [-0.3, -0.25) is 9.10 Å². The van der Waals surface area contributed by atoms with E-state index < -0.39 is 22.5 Å². The molecule has 0 aliphatic heterocycles. The number of hydrazone groups is 1. The van der Waals surface area contributed by atoms with Crippen LogP contribution in [-0.4, -0.2) is 41.3 Å². The highest BCUT2D eigenvalue weighted by atomic mass is 35.5. The van der Waals surface area contributed by atoms with Gasteiger partial charge in [0.2, 0.25) is 0 Å². The summed E-state index contributed by atoms with van der Waals surface area (Å²) < 4.78 is 44.7. The van der Waals surface area contributed by atoms with Gasteiger partial charge in [-0.2, -0.15) is 5.10 Å². The molecule has 1 N–H and O–H groups in total. The van der Waals surface area contributed by atoms with Crippen LogP contribution in [0.1, 0.15) is 16.7 Å². The normalized spacial score (nSPS) is 11.2. The number of benzene rings is 4. The number of carbonyl (C=O) groups excluding carboxylic acids is 1. The molecule has 42 heavy (non-hydrogen) atoms. The molecule has 218 valence electrons. The largest absolute Gasteiger partial charge is 0.493 e. The van der Waals surface area contributed by atoms with Gasteiger partial charge >= 0.3 is 0 Å². The molecule has 0 spiro atoms. The summed E-state index contributed by atoms with van der Waals surface area (Å²) >= 11 is 6.01. The van der Waals surface area contributed by atoms with E-state index in [1.807, 2.05) is 25.1 Å². The number of amides is 1. The second kappa shape index (κ2) is 13.9. The van der Waals surface area contributed by atoms with Crippen molar-refractivity contribution in [3.8, 4) is 17.2 Å². The third kappa shape index (κ3) is 7.80. The number of nitrogens with zero attached hydrogens (tertiary/aromatic N) is 2. The molecule has 4 aromatic carbocycles. The van der Waals surface area contributed by atoms with Crippen LogP contribution in [0, 0.1) is 6.92 Å². The first-order valence-electron chi connectivity index (χ1n) is 12.8. The molecule has 1 amide bonds. The molecule has 4 aromatic rings. The summed E-state index contributed by atoms with van der Waals surface area (Å²) in [7, 11) is -1.20. The van der Waals surface area contributed by atoms with Crippen LogP contribution in [0.2, 0.25) is 5.02 Å². The number of hydrogen-bond donors (Lipinski definition) is 1. The molecule has 0 radical (unpaired) electrons. The van der Waals surface area contributed by atoms with E-state index in [0.29, 0.717) is 34.4 Å². The zero-order valence-electron chi connectivity index (χ0n) is 23.3. The number of methoxy groups -OCH3 is 2. The lowest BCUT2D eigenvalue weighted by atomic mass is 10.2. The molecule has 0 aliphatic rings. The maximum Gasteiger partial charge on any atom is 0.264 e. The van der Waals surface area contributed by atoms with E-state index in [1.165, 1.54) is 38.6 Å². The van der Waals surface area contributed by atoms with Crippen LogP contribution in [0.4, 0.5) is 5.69 Å². The summed E-state index contributed by atoms with van der Waals surface area (Å²) in [6.45, 7) is 1.70. The summed E-state index contributed by atoms with van der Waals surface area (Å²) in [6.07, 6.45) is 1.45. The maximum absolute atomic E-state index is 13.6. The average Bonchev–Trinajstić information content (AvgIpc) is 2.99. The van der Waals surface area contributed by atoms with Crippen molar-refractivity contribution < 1.29 is 27.4 Å². The second-order valence-corrected chi connectivity index (χ2v) is 11.4. The third-order valence-electron chi connectivity index (χ3n) is 6.13. The topological polar surface area (TPSA) is 107 Å². The fourth-order valence-corrected chi connectivity index (χ4v) is 5.55. The van der Waals surface area contributed by atoms with Gasteiger partial charge in [0.1, 0.15) is 18.9 Å². The molecule has 0 aromatic heterocycles. The van der Waals surface area contributed by atoms with Gasteiger partial charge in [0.15, 0.2) is 11.5 Å². The van der Waals surface area contributed by atoms with E-state index in [0.717, 1.165) is 15.4 Å². The summed E-state index contributed by atoms with van der Waals surface area (Å²) in [4.78, 5) is 12.9. The lowest BCUT2D eigenvalue weighted by Crippen LogP contribution is -2.39. The Bertz CT molecular complexity index is 1660. The summed E-state index contributed by atoms with van der Waals surface area (Å²) in [5.74, 6) is 0.752. The van der Waals surface area contributed by atoms with Crippen LogP contribution in [0.3, 0.4) is 0 Å². The number of sulfonamides is 1. The highest BCUT2D eigenvalue weighted by Gasteiger charge is 2.28. The van der Waals surface area contributed by atoms with Gasteiger partial charge in [-0.1, -0.05) is 41.4 Å². The third-order valence-corrected chi connectivity index (χ3v) is 8.15. The number of carbonyl (C=O) groups is 1. The molecule has 0 aliphatic carbocycles. The molecule has 0 heterocycles. The average molecular weight is 608 g/mol. The quantitative estimate of drug-likeness (QED) is 0.166. The second-order valence-electron chi connectivity index (χ2n) is 9.14. The molecule has 0 saturated heterocycles. The van der Waals surface area contributed by atoms with Crippen molar-refractivity contribution >= 4 is 39.4 Å². The van der Waals surface area contributed by atoms with E-state index in [2.05, 4.69) is 10.5 Å². The van der Waals surface area contributed by atoms with Gasteiger partial charge < -0.3 is 14.2 Å². The molecule has 0 atom stereocenters. The van der Waals surface area contributed by atoms with E-state index >= 15 is 0 Å². The fourth-order valence-electron chi connectivity index (χ4n) is 3.92. The number of nitrogens with one attached hydrogen (secondary N) is 1. The smallest absolute Gasteiger partial charge is 0.264 e. The van der Waals surface area contributed by atoms with Crippen molar-refractivity contribution in [3.63, 3.8) is 0 Å². The van der Waals surface area contributed by atoms with Gasteiger partial charge in [-0.05, 0) is 78.7 Å². The Morgan fingerprint density at radius 3 is 2.31 bits per heavy atom. The standard InChI is InChI=1S/C31H30ClN3O6S/c1-22-7-14-28(15-8-22)42(37,38)35(26-11-16-29(39-2)30(18-26)40-3)20-31(36)34-33-19-23-9-12-27(13-10-23)41-21-24-5-4-6-25(32)17-24/h4-19H,20-21H2,1-3H3,(H,34,36)/b33-19-. The Morgan fingerprint density at radius 2 is 1.64 bits per heavy atom. The molecule has 9 nitrogen and oxygen atoms in total. The molecular formula is C31H30ClN3O6S. The maximum atomic E-state index is 13.6. The lowest BCUT2D eigenvalue weighted by molar-refractivity contribution is -0.119. The minimum absolute atomic E-state index is 0.0388. The van der Waals surface area contributed by atoms with Gasteiger partial charge in [0.25, 0.3) is 15.9 Å². The molecule has 0 fully saturated rings. The van der Waals surface area contributed by atoms with Crippen molar-refractivity contribution in [1.29, 1.82) is 0 Å². The number of aryl methyl sites for hydroxylation is 1. The molecular weight excluding hydrogens is 578 g/mol. The molecule has 0 unspecified atom stereocenters. The lowest BCUT2D eigenvalue weighted by Gasteiger charge is -2.24. The predicted octanol–water partition coefficient (Wildman–Crippen LogP) is 5.59. The van der Waals surface area contributed by atoms with E-state index in [4.69, 9.17) is 25.8 Å². The number of hydrogen-bond acceptors (Lipinski definition) is 7. The first kappa shape index (κ1) is 30.4. The van der Waals surface area contributed by atoms with Crippen LogP contribution in [0.5, 0.6) is 17.2 Å². The van der Waals surface area contributed by atoms with Gasteiger partial charge in [-0.15, -0.1) is 0 Å². The van der Waals surface area contributed by atoms with Crippen molar-refractivity contribution in [2.75, 3.05) is 25.1 Å². The Balaban J connectivity index is 1.45. The molecule has 11 heteroatoms. The highest BCUT2D eigenvalue weighted by Crippen LogP contribution is 2.33. The first-order valence-corrected chi connectivity index (χ1v) is 14.6. The molecule has 4 rings (SSSR count). The van der Waals surface area contributed by atoms with Crippen molar-refractivity contribution in [1.82, 2.24) is 5.43 Å². The number of ether oxygens (including phenoxy) is 3. The van der Waals surface area contributed by atoms with Crippen molar-refractivity contribution in [3.05, 3.63) is 113 Å². The van der Waals surface area contributed by atoms with E-state index in [-0.39, 0.29) is 10.6 Å². The van der Waals surface area contributed by atoms with Crippen LogP contribution < -0.4 is 23.9 Å². The van der Waals surface area contributed by atoms with Crippen molar-refractivity contribution in [2.24, 2.45) is 5.10 Å². The minimum Gasteiger partial charge on any atom is -0.493 e. The van der Waals surface area contributed by atoms with Gasteiger partial charge in [-0.25, -0.2) is 13.8 Å². The van der Waals surface area contributed by atoms with Gasteiger partial charge in [0.05, 0.1) is 31.0 Å². The number of rotatable bonds is 12. The predicted molar refractivity (Wildman–Crippen MR) is 163 cm³/mol. The Morgan fingerprint density at radius 1 is 0.929 bits per heavy atom. The Kier molecular flexibility index (Phi) is 10.1. The molecule has 0 bridgehead atoms. The number of anilines is 1. The zero-order chi connectivity index (χ0) is 30.1. The SMILES string of the molecule is COc1ccc(N(CC(=O)N/N=C\c2ccc(OCc3cccc(Cl)c3)cc2)S(=O)(=O)c2ccc(C)cc2)cc1OC. The molecule has 0 saturated carbocycles. The van der Waals surface area contributed by atoms with E-state index in [9.17, 15) is 13.2 Å². The monoisotopic (exact) mass is 607 g/mol. The van der Waals surface area contributed by atoms with Crippen molar-refractivity contribution in [2.45, 2.75) is 18.4 Å². The summed E-state index contributed by atoms with van der Waals surface area (Å²) in [5.41, 5.74) is 5.18. The van der Waals surface area contributed by atoms with Crippen LogP contribution >= 0.6 is 11.6 Å². The zero-order valence-corrected chi connectivity index (χ0v) is 24.9. The van der Waals surface area contributed by atoms with Gasteiger partial charge in [0, 0.05) is 11.1 Å². The van der Waals surface area contributed by atoms with E-state index in [1.54, 1.807) is 54.6 Å². The number of halogens is 1. The van der Waals surface area contributed by atoms with Crippen LogP contribution in [0.25, 0.3) is 0 Å². The Hall–Kier alpha value is -4.54. The summed E-state index contributed by atoms with van der Waals surface area (Å²) in [6, 6.07) is 25.5. The van der Waals surface area contributed by atoms with Crippen LogP contribution in [-0.2, 0) is 21.4 Å². The van der Waals surface area contributed by atoms with Crippen LogP contribution in [0.15, 0.2) is 101 Å².